The van der Waals surface area contributed by atoms with Crippen LogP contribution in [0.15, 0.2) is 0 Å². The predicted molar refractivity (Wildman–Crippen MR) is 42.7 cm³/mol. The van der Waals surface area contributed by atoms with E-state index in [4.69, 9.17) is 9.47 Å². The summed E-state index contributed by atoms with van der Waals surface area (Å²) in [6.07, 6.45) is -3.01. The molecule has 1 rings (SSSR count). The summed E-state index contributed by atoms with van der Waals surface area (Å²) in [6, 6.07) is 0. The van der Waals surface area contributed by atoms with E-state index >= 15 is 0 Å². The average molecular weight is 190 g/mol. The summed E-state index contributed by atoms with van der Waals surface area (Å²) in [5, 5.41) is 18.8. The Morgan fingerprint density at radius 2 is 2.15 bits per heavy atom. The van der Waals surface area contributed by atoms with Gasteiger partial charge in [0.1, 0.15) is 6.10 Å². The van der Waals surface area contributed by atoms with Crippen LogP contribution in [0.25, 0.3) is 0 Å². The number of carbonyl (C=O) groups excluding carboxylic acids is 1. The SMILES string of the molecule is CCC1OC(O)C(OC(C)=O)C1O. The molecule has 0 aromatic rings. The Balaban J connectivity index is 2.58. The minimum Gasteiger partial charge on any atom is -0.454 e. The second-order valence-electron chi connectivity index (χ2n) is 3.04. The Morgan fingerprint density at radius 1 is 1.54 bits per heavy atom. The number of hydrogen-bond donors (Lipinski definition) is 2. The van der Waals surface area contributed by atoms with Crippen molar-refractivity contribution in [3.8, 4) is 0 Å². The Morgan fingerprint density at radius 3 is 2.54 bits per heavy atom. The summed E-state index contributed by atoms with van der Waals surface area (Å²) in [7, 11) is 0. The third kappa shape index (κ3) is 2.18. The molecule has 0 aromatic carbocycles. The van der Waals surface area contributed by atoms with Crippen LogP contribution in [0.5, 0.6) is 0 Å². The van der Waals surface area contributed by atoms with Crippen molar-refractivity contribution in [2.24, 2.45) is 0 Å². The molecule has 1 saturated heterocycles. The number of aliphatic hydroxyl groups is 2. The highest BCUT2D eigenvalue weighted by atomic mass is 16.7. The van der Waals surface area contributed by atoms with Gasteiger partial charge in [-0.05, 0) is 6.42 Å². The molecule has 5 heteroatoms. The van der Waals surface area contributed by atoms with Crippen LogP contribution in [-0.4, -0.2) is 40.8 Å². The van der Waals surface area contributed by atoms with Crippen LogP contribution in [0, 0.1) is 0 Å². The lowest BCUT2D eigenvalue weighted by atomic mass is 10.1. The number of hydrogen-bond acceptors (Lipinski definition) is 5. The molecule has 1 fully saturated rings. The zero-order valence-electron chi connectivity index (χ0n) is 7.64. The summed E-state index contributed by atoms with van der Waals surface area (Å²) in [5.74, 6) is -0.538. The lowest BCUT2D eigenvalue weighted by Crippen LogP contribution is -2.36. The van der Waals surface area contributed by atoms with E-state index in [0.29, 0.717) is 6.42 Å². The quantitative estimate of drug-likeness (QED) is 0.569. The van der Waals surface area contributed by atoms with E-state index in [0.717, 1.165) is 0 Å². The molecule has 0 aromatic heterocycles. The van der Waals surface area contributed by atoms with Gasteiger partial charge < -0.3 is 19.7 Å². The molecule has 0 radical (unpaired) electrons. The van der Waals surface area contributed by atoms with Crippen LogP contribution in [0.2, 0.25) is 0 Å². The van der Waals surface area contributed by atoms with Gasteiger partial charge in [0.25, 0.3) is 0 Å². The van der Waals surface area contributed by atoms with Crippen LogP contribution in [0.1, 0.15) is 20.3 Å². The van der Waals surface area contributed by atoms with E-state index in [1.54, 1.807) is 0 Å². The van der Waals surface area contributed by atoms with Crippen LogP contribution < -0.4 is 0 Å². The number of esters is 1. The fourth-order valence-corrected chi connectivity index (χ4v) is 1.37. The standard InChI is InChI=1S/C8H14O5/c1-3-5-6(10)7(8(11)13-5)12-4(2)9/h5-8,10-11H,3H2,1-2H3. The largest absolute Gasteiger partial charge is 0.454 e. The second kappa shape index (κ2) is 4.04. The Hall–Kier alpha value is -0.650. The van der Waals surface area contributed by atoms with Crippen molar-refractivity contribution in [1.82, 2.24) is 0 Å². The van der Waals surface area contributed by atoms with Gasteiger partial charge in [0.2, 0.25) is 0 Å². The molecule has 0 aliphatic carbocycles. The topological polar surface area (TPSA) is 76.0 Å². The maximum atomic E-state index is 10.6. The molecule has 1 aliphatic rings. The molecule has 0 saturated carbocycles. The molecule has 0 amide bonds. The Bertz CT molecular complexity index is 193. The van der Waals surface area contributed by atoms with Gasteiger partial charge in [-0.1, -0.05) is 6.92 Å². The number of ether oxygens (including phenoxy) is 2. The molecule has 0 spiro atoms. The first-order valence-corrected chi connectivity index (χ1v) is 4.25. The van der Waals surface area contributed by atoms with Gasteiger partial charge in [-0.25, -0.2) is 0 Å². The van der Waals surface area contributed by atoms with E-state index in [-0.39, 0.29) is 0 Å². The molecule has 0 bridgehead atoms. The van der Waals surface area contributed by atoms with Crippen molar-refractivity contribution < 1.29 is 24.5 Å². The second-order valence-corrected chi connectivity index (χ2v) is 3.04. The summed E-state index contributed by atoms with van der Waals surface area (Å²) in [5.41, 5.74) is 0. The molecular weight excluding hydrogens is 176 g/mol. The van der Waals surface area contributed by atoms with Crippen molar-refractivity contribution in [3.63, 3.8) is 0 Å². The molecule has 4 unspecified atom stereocenters. The van der Waals surface area contributed by atoms with Gasteiger partial charge in [-0.2, -0.15) is 0 Å². The molecule has 13 heavy (non-hydrogen) atoms. The number of carbonyl (C=O) groups is 1. The third-order valence-electron chi connectivity index (χ3n) is 2.02. The highest BCUT2D eigenvalue weighted by molar-refractivity contribution is 5.66. The summed E-state index contributed by atoms with van der Waals surface area (Å²) < 4.78 is 9.67. The molecule has 1 heterocycles. The van der Waals surface area contributed by atoms with Crippen molar-refractivity contribution in [2.75, 3.05) is 0 Å². The molecule has 4 atom stereocenters. The lowest BCUT2D eigenvalue weighted by Gasteiger charge is -2.16. The fourth-order valence-electron chi connectivity index (χ4n) is 1.37. The summed E-state index contributed by atoms with van der Waals surface area (Å²) in [6.45, 7) is 3.04. The van der Waals surface area contributed by atoms with E-state index in [1.165, 1.54) is 6.92 Å². The fraction of sp³-hybridized carbons (Fsp3) is 0.875. The Kier molecular flexibility index (Phi) is 3.24. The van der Waals surface area contributed by atoms with Crippen molar-refractivity contribution in [3.05, 3.63) is 0 Å². The zero-order valence-corrected chi connectivity index (χ0v) is 7.64. The first-order chi connectivity index (χ1) is 6.06. The minimum absolute atomic E-state index is 0.459. The van der Waals surface area contributed by atoms with Crippen molar-refractivity contribution in [1.29, 1.82) is 0 Å². The van der Waals surface area contributed by atoms with Crippen molar-refractivity contribution in [2.45, 2.75) is 44.9 Å². The van der Waals surface area contributed by atoms with E-state index in [2.05, 4.69) is 0 Å². The maximum Gasteiger partial charge on any atom is 0.303 e. The van der Waals surface area contributed by atoms with Gasteiger partial charge in [0.05, 0.1) is 6.10 Å². The van der Waals surface area contributed by atoms with Crippen LogP contribution in [0.3, 0.4) is 0 Å². The molecule has 2 N–H and O–H groups in total. The predicted octanol–water partition coefficient (Wildman–Crippen LogP) is -0.594. The lowest BCUT2D eigenvalue weighted by molar-refractivity contribution is -0.170. The van der Waals surface area contributed by atoms with Gasteiger partial charge in [-0.15, -0.1) is 0 Å². The van der Waals surface area contributed by atoms with Gasteiger partial charge >= 0.3 is 5.97 Å². The third-order valence-corrected chi connectivity index (χ3v) is 2.02. The maximum absolute atomic E-state index is 10.6. The molecule has 5 nitrogen and oxygen atoms in total. The van der Waals surface area contributed by atoms with E-state index in [1.807, 2.05) is 6.92 Å². The number of aliphatic hydroxyl groups excluding tert-OH is 2. The smallest absolute Gasteiger partial charge is 0.303 e. The molecular formula is C8H14O5. The molecule has 1 aliphatic heterocycles. The number of rotatable bonds is 2. The highest BCUT2D eigenvalue weighted by Gasteiger charge is 2.44. The van der Waals surface area contributed by atoms with Crippen LogP contribution in [0.4, 0.5) is 0 Å². The summed E-state index contributed by atoms with van der Waals surface area (Å²) >= 11 is 0. The van der Waals surface area contributed by atoms with Crippen LogP contribution in [-0.2, 0) is 14.3 Å². The highest BCUT2D eigenvalue weighted by Crippen LogP contribution is 2.24. The first-order valence-electron chi connectivity index (χ1n) is 4.25. The normalized spacial score (nSPS) is 39.1. The van der Waals surface area contributed by atoms with Gasteiger partial charge in [0, 0.05) is 6.92 Å². The van der Waals surface area contributed by atoms with Gasteiger partial charge in [-0.3, -0.25) is 4.79 Å². The zero-order chi connectivity index (χ0) is 10.0. The first kappa shape index (κ1) is 10.4. The minimum atomic E-state index is -1.22. The van der Waals surface area contributed by atoms with Crippen molar-refractivity contribution >= 4 is 5.97 Å². The monoisotopic (exact) mass is 190 g/mol. The van der Waals surface area contributed by atoms with E-state index < -0.39 is 30.6 Å². The van der Waals surface area contributed by atoms with Crippen LogP contribution >= 0.6 is 0 Å². The Labute approximate surface area is 76.3 Å². The summed E-state index contributed by atoms with van der Waals surface area (Å²) in [4.78, 5) is 10.6. The van der Waals surface area contributed by atoms with Gasteiger partial charge in [0.15, 0.2) is 12.4 Å². The van der Waals surface area contributed by atoms with E-state index in [9.17, 15) is 15.0 Å². The molecule has 76 valence electrons. The average Bonchev–Trinajstić information content (AvgIpc) is 2.31.